The van der Waals surface area contributed by atoms with Crippen LogP contribution in [0, 0.1) is 0 Å². The number of carbonyl (C=O) groups excluding carboxylic acids is 4. The molecule has 1 aromatic rings. The summed E-state index contributed by atoms with van der Waals surface area (Å²) in [5, 5.41) is 25.7. The molecule has 0 bridgehead atoms. The minimum absolute atomic E-state index is 0.0413. The van der Waals surface area contributed by atoms with Gasteiger partial charge in [0.15, 0.2) is 0 Å². The largest absolute Gasteiger partial charge is 0.508 e. The first-order chi connectivity index (χ1) is 18.9. The Morgan fingerprint density at radius 3 is 2.25 bits per heavy atom. The number of para-hydroxylation sites is 1. The molecule has 1 aromatic carbocycles. The van der Waals surface area contributed by atoms with E-state index >= 15 is 0 Å². The lowest BCUT2D eigenvalue weighted by Crippen LogP contribution is -2.54. The van der Waals surface area contributed by atoms with Gasteiger partial charge in [-0.3, -0.25) is 14.4 Å². The molecule has 11 heteroatoms. The molecule has 0 aliphatic rings. The lowest BCUT2D eigenvalue weighted by molar-refractivity contribution is -0.144. The molecule has 0 saturated carbocycles. The number of carbonyl (C=O) groups is 4. The van der Waals surface area contributed by atoms with E-state index in [1.807, 2.05) is 0 Å². The van der Waals surface area contributed by atoms with Gasteiger partial charge in [-0.1, -0.05) is 57.2 Å². The predicted octanol–water partition coefficient (Wildman–Crippen LogP) is 3.58. The van der Waals surface area contributed by atoms with Crippen LogP contribution in [0.1, 0.15) is 91.2 Å². The van der Waals surface area contributed by atoms with Crippen molar-refractivity contribution in [1.82, 2.24) is 15.5 Å². The van der Waals surface area contributed by atoms with Crippen LogP contribution in [0.5, 0.6) is 5.75 Å². The highest BCUT2D eigenvalue weighted by Gasteiger charge is 2.37. The topological polar surface area (TPSA) is 154 Å². The van der Waals surface area contributed by atoms with Crippen molar-refractivity contribution >= 4 is 23.9 Å². The van der Waals surface area contributed by atoms with Gasteiger partial charge in [0.1, 0.15) is 23.4 Å². The number of rotatable bonds is 17. The number of nitrogens with zero attached hydrogens (tertiary/aromatic N) is 1. The van der Waals surface area contributed by atoms with Crippen LogP contribution in [0.2, 0.25) is 0 Å². The number of hydrogen-bond donors (Lipinski definition) is 4. The molecular weight excluding hydrogens is 518 g/mol. The van der Waals surface area contributed by atoms with Gasteiger partial charge in [0.05, 0.1) is 19.6 Å². The van der Waals surface area contributed by atoms with Crippen molar-refractivity contribution in [2.75, 3.05) is 26.3 Å². The summed E-state index contributed by atoms with van der Waals surface area (Å²) < 4.78 is 10.2. The molecular formula is C29H47N3O8. The first kappa shape index (κ1) is 34.7. The summed E-state index contributed by atoms with van der Waals surface area (Å²) in [5.74, 6) is -2.02. The van der Waals surface area contributed by atoms with Crippen LogP contribution in [-0.2, 0) is 23.9 Å². The standard InChI is InChI=1S/C29H47N3O8/c1-6-8-9-10-11-14-19-32(27(37)22(20-33)31-28(38)40-29(3,4)5)25(21-15-12-13-16-23(21)34)26(36)30-18-17-24(35)39-7-2/h12-13,15-16,22,25,33-34H,6-11,14,17-20H2,1-5H3,(H,30,36)(H,31,38). The number of aromatic hydroxyl groups is 1. The minimum Gasteiger partial charge on any atom is -0.508 e. The fraction of sp³-hybridized carbons (Fsp3) is 0.655. The second kappa shape index (κ2) is 18.1. The van der Waals surface area contributed by atoms with E-state index < -0.39 is 48.2 Å². The van der Waals surface area contributed by atoms with Gasteiger partial charge in [-0.25, -0.2) is 4.79 Å². The zero-order valence-corrected chi connectivity index (χ0v) is 24.5. The van der Waals surface area contributed by atoms with Crippen LogP contribution in [0.25, 0.3) is 0 Å². The number of unbranched alkanes of at least 4 members (excludes halogenated alkanes) is 5. The second-order valence-electron chi connectivity index (χ2n) is 10.5. The van der Waals surface area contributed by atoms with E-state index in [9.17, 15) is 29.4 Å². The average Bonchev–Trinajstić information content (AvgIpc) is 2.88. The van der Waals surface area contributed by atoms with Gasteiger partial charge in [0.2, 0.25) is 11.8 Å². The van der Waals surface area contributed by atoms with Crippen molar-refractivity contribution in [3.05, 3.63) is 29.8 Å². The van der Waals surface area contributed by atoms with Crippen LogP contribution in [0.15, 0.2) is 24.3 Å². The van der Waals surface area contributed by atoms with Crippen molar-refractivity contribution in [1.29, 1.82) is 0 Å². The summed E-state index contributed by atoms with van der Waals surface area (Å²) in [4.78, 5) is 52.8. The monoisotopic (exact) mass is 565 g/mol. The SMILES string of the molecule is CCCCCCCCN(C(=O)C(CO)NC(=O)OC(C)(C)C)C(C(=O)NCCC(=O)OCC)c1ccccc1O. The average molecular weight is 566 g/mol. The number of benzene rings is 1. The molecule has 0 aliphatic carbocycles. The predicted molar refractivity (Wildman–Crippen MR) is 150 cm³/mol. The minimum atomic E-state index is -1.39. The summed E-state index contributed by atoms with van der Waals surface area (Å²) >= 11 is 0. The van der Waals surface area contributed by atoms with Crippen molar-refractivity contribution < 1.29 is 38.9 Å². The number of alkyl carbamates (subject to hydrolysis) is 1. The molecule has 226 valence electrons. The number of esters is 1. The fourth-order valence-corrected chi connectivity index (χ4v) is 4.05. The third-order valence-corrected chi connectivity index (χ3v) is 5.93. The molecule has 40 heavy (non-hydrogen) atoms. The maximum atomic E-state index is 13.8. The van der Waals surface area contributed by atoms with Gasteiger partial charge in [0, 0.05) is 18.7 Å². The summed E-state index contributed by atoms with van der Waals surface area (Å²) in [5.41, 5.74) is -0.660. The third-order valence-electron chi connectivity index (χ3n) is 5.93. The first-order valence-corrected chi connectivity index (χ1v) is 14.1. The van der Waals surface area contributed by atoms with E-state index in [1.165, 1.54) is 17.0 Å². The van der Waals surface area contributed by atoms with Crippen molar-refractivity contribution in [2.45, 2.75) is 97.2 Å². The second-order valence-corrected chi connectivity index (χ2v) is 10.5. The van der Waals surface area contributed by atoms with E-state index in [4.69, 9.17) is 9.47 Å². The Balaban J connectivity index is 3.32. The smallest absolute Gasteiger partial charge is 0.408 e. The highest BCUT2D eigenvalue weighted by atomic mass is 16.6. The van der Waals surface area contributed by atoms with Gasteiger partial charge >= 0.3 is 12.1 Å². The summed E-state index contributed by atoms with van der Waals surface area (Å²) in [6.07, 6.45) is 4.56. The normalized spacial score (nSPS) is 12.7. The number of nitrogens with one attached hydrogen (secondary N) is 2. The zero-order chi connectivity index (χ0) is 30.1. The lowest BCUT2D eigenvalue weighted by atomic mass is 10.0. The van der Waals surface area contributed by atoms with Crippen LogP contribution in [0.4, 0.5) is 4.79 Å². The van der Waals surface area contributed by atoms with Gasteiger partial charge < -0.3 is 35.2 Å². The fourth-order valence-electron chi connectivity index (χ4n) is 4.05. The van der Waals surface area contributed by atoms with Crippen molar-refractivity contribution in [2.24, 2.45) is 0 Å². The van der Waals surface area contributed by atoms with Crippen LogP contribution in [-0.4, -0.2) is 76.9 Å². The maximum absolute atomic E-state index is 13.8. The number of ether oxygens (including phenoxy) is 2. The Bertz CT molecular complexity index is 947. The van der Waals surface area contributed by atoms with E-state index in [0.29, 0.717) is 6.42 Å². The van der Waals surface area contributed by atoms with Crippen LogP contribution >= 0.6 is 0 Å². The molecule has 0 radical (unpaired) electrons. The van der Waals surface area contributed by atoms with Gasteiger partial charge in [-0.2, -0.15) is 0 Å². The number of aliphatic hydroxyl groups excluding tert-OH is 1. The van der Waals surface area contributed by atoms with Gasteiger partial charge in [-0.05, 0) is 40.2 Å². The molecule has 0 aliphatic heterocycles. The first-order valence-electron chi connectivity index (χ1n) is 14.1. The molecule has 0 heterocycles. The Morgan fingerprint density at radius 1 is 1.00 bits per heavy atom. The van der Waals surface area contributed by atoms with Crippen molar-refractivity contribution in [3.8, 4) is 5.75 Å². The molecule has 2 unspecified atom stereocenters. The maximum Gasteiger partial charge on any atom is 0.408 e. The number of hydrogen-bond acceptors (Lipinski definition) is 8. The summed E-state index contributed by atoms with van der Waals surface area (Å²) in [7, 11) is 0. The molecule has 0 aromatic heterocycles. The Labute approximate surface area is 237 Å². The summed E-state index contributed by atoms with van der Waals surface area (Å²) in [6, 6.07) is 3.47. The van der Waals surface area contributed by atoms with Crippen LogP contribution < -0.4 is 10.6 Å². The number of phenolic OH excluding ortho intramolecular Hbond substituents is 1. The van der Waals surface area contributed by atoms with Crippen LogP contribution in [0.3, 0.4) is 0 Å². The highest BCUT2D eigenvalue weighted by Crippen LogP contribution is 2.30. The molecule has 2 atom stereocenters. The molecule has 11 nitrogen and oxygen atoms in total. The van der Waals surface area contributed by atoms with Gasteiger partial charge in [0.25, 0.3) is 0 Å². The Morgan fingerprint density at radius 2 is 1.65 bits per heavy atom. The number of aliphatic hydroxyl groups is 1. The Hall–Kier alpha value is -3.34. The van der Waals surface area contributed by atoms with E-state index in [2.05, 4.69) is 17.6 Å². The molecule has 0 fully saturated rings. The van der Waals surface area contributed by atoms with E-state index in [1.54, 1.807) is 39.8 Å². The third kappa shape index (κ3) is 12.7. The highest BCUT2D eigenvalue weighted by molar-refractivity contribution is 5.92. The molecule has 4 N–H and O–H groups in total. The zero-order valence-electron chi connectivity index (χ0n) is 24.5. The number of amides is 3. The quantitative estimate of drug-likeness (QED) is 0.165. The molecule has 3 amide bonds. The van der Waals surface area contributed by atoms with Crippen molar-refractivity contribution in [3.63, 3.8) is 0 Å². The summed E-state index contributed by atoms with van der Waals surface area (Å²) in [6.45, 7) is 8.36. The lowest BCUT2D eigenvalue weighted by Gasteiger charge is -2.34. The van der Waals surface area contributed by atoms with E-state index in [-0.39, 0.29) is 37.4 Å². The molecule has 0 saturated heterocycles. The van der Waals surface area contributed by atoms with E-state index in [0.717, 1.165) is 32.1 Å². The Kier molecular flexibility index (Phi) is 15.7. The molecule has 1 rings (SSSR count). The molecule has 0 spiro atoms. The van der Waals surface area contributed by atoms with Gasteiger partial charge in [-0.15, -0.1) is 0 Å². The number of phenols is 1.